The quantitative estimate of drug-likeness (QED) is 0.927. The predicted octanol–water partition coefficient (Wildman–Crippen LogP) is 2.35. The molecule has 0 aromatic heterocycles. The third kappa shape index (κ3) is 2.65. The van der Waals surface area contributed by atoms with E-state index in [4.69, 9.17) is 16.7 Å². The largest absolute Gasteiger partial charge is 0.478 e. The first-order valence-corrected chi connectivity index (χ1v) is 7.89. The summed E-state index contributed by atoms with van der Waals surface area (Å²) < 4.78 is 39.5. The Bertz CT molecular complexity index is 641. The maximum Gasteiger partial charge on any atom is 0.340 e. The lowest BCUT2D eigenvalue weighted by atomic mass is 10.2. The van der Waals surface area contributed by atoms with Gasteiger partial charge >= 0.3 is 5.97 Å². The molecule has 0 unspecified atom stereocenters. The summed E-state index contributed by atoms with van der Waals surface area (Å²) in [5.41, 5.74) is -0.815. The van der Waals surface area contributed by atoms with Gasteiger partial charge in [-0.3, -0.25) is 0 Å². The van der Waals surface area contributed by atoms with Crippen molar-refractivity contribution in [1.82, 2.24) is 4.31 Å². The molecule has 0 amide bonds. The van der Waals surface area contributed by atoms with Crippen LogP contribution in [0.2, 0.25) is 5.02 Å². The summed E-state index contributed by atoms with van der Waals surface area (Å²) in [6.45, 7) is 0.719. The first-order chi connectivity index (χ1) is 9.35. The Hall–Kier alpha value is -1.18. The molecule has 0 bridgehead atoms. The first-order valence-electron chi connectivity index (χ1n) is 6.07. The molecular formula is C12H13ClFNO4S. The van der Waals surface area contributed by atoms with Crippen molar-refractivity contribution in [2.45, 2.75) is 24.2 Å². The highest BCUT2D eigenvalue weighted by molar-refractivity contribution is 7.89. The number of nitrogens with zero attached hydrogens (tertiary/aromatic N) is 1. The summed E-state index contributed by atoms with van der Waals surface area (Å²) in [5.74, 6) is -2.65. The van der Waals surface area contributed by atoms with E-state index < -0.39 is 32.4 Å². The maximum absolute atomic E-state index is 13.4. The minimum absolute atomic E-state index is 0.360. The van der Waals surface area contributed by atoms with Gasteiger partial charge in [0.05, 0.1) is 5.02 Å². The van der Waals surface area contributed by atoms with Crippen molar-refractivity contribution in [1.29, 1.82) is 0 Å². The summed E-state index contributed by atoms with van der Waals surface area (Å²) in [6, 6.07) is 1.82. The van der Waals surface area contributed by atoms with Crippen LogP contribution in [0.3, 0.4) is 0 Å². The molecule has 20 heavy (non-hydrogen) atoms. The molecule has 8 heteroatoms. The van der Waals surface area contributed by atoms with Crippen LogP contribution in [0.25, 0.3) is 0 Å². The highest BCUT2D eigenvalue weighted by Crippen LogP contribution is 2.31. The van der Waals surface area contributed by atoms with E-state index in [0.29, 0.717) is 13.1 Å². The Morgan fingerprint density at radius 1 is 1.25 bits per heavy atom. The summed E-state index contributed by atoms with van der Waals surface area (Å²) in [5, 5.41) is 8.33. The smallest absolute Gasteiger partial charge is 0.340 e. The first kappa shape index (κ1) is 15.2. The van der Waals surface area contributed by atoms with Crippen LogP contribution in [0, 0.1) is 5.82 Å². The van der Waals surface area contributed by atoms with E-state index in [0.717, 1.165) is 31.4 Å². The summed E-state index contributed by atoms with van der Waals surface area (Å²) >= 11 is 5.79. The van der Waals surface area contributed by atoms with E-state index in [-0.39, 0.29) is 4.90 Å². The van der Waals surface area contributed by atoms with Crippen molar-refractivity contribution in [2.75, 3.05) is 13.1 Å². The van der Waals surface area contributed by atoms with E-state index in [1.807, 2.05) is 0 Å². The molecule has 0 atom stereocenters. The van der Waals surface area contributed by atoms with E-state index in [2.05, 4.69) is 0 Å². The Balaban J connectivity index is 2.52. The van der Waals surface area contributed by atoms with Gasteiger partial charge in [0.25, 0.3) is 0 Å². The van der Waals surface area contributed by atoms with Crippen LogP contribution in [0.4, 0.5) is 4.39 Å². The van der Waals surface area contributed by atoms with Crippen molar-refractivity contribution in [3.8, 4) is 0 Å². The average Bonchev–Trinajstić information content (AvgIpc) is 2.39. The van der Waals surface area contributed by atoms with E-state index in [9.17, 15) is 17.6 Å². The lowest BCUT2D eigenvalue weighted by molar-refractivity contribution is 0.0692. The van der Waals surface area contributed by atoms with E-state index in [1.54, 1.807) is 0 Å². The van der Waals surface area contributed by atoms with Crippen LogP contribution in [0.5, 0.6) is 0 Å². The van der Waals surface area contributed by atoms with Crippen molar-refractivity contribution in [3.05, 3.63) is 28.5 Å². The fraction of sp³-hybridized carbons (Fsp3) is 0.417. The third-order valence-corrected chi connectivity index (χ3v) is 5.65. The van der Waals surface area contributed by atoms with E-state index >= 15 is 0 Å². The predicted molar refractivity (Wildman–Crippen MR) is 71.0 cm³/mol. The van der Waals surface area contributed by atoms with Crippen LogP contribution in [-0.4, -0.2) is 36.9 Å². The summed E-state index contributed by atoms with van der Waals surface area (Å²) in [6.07, 6.45) is 2.43. The number of sulfonamides is 1. The van der Waals surface area contributed by atoms with Gasteiger partial charge in [-0.05, 0) is 25.0 Å². The molecule has 1 N–H and O–H groups in total. The second-order valence-corrected chi connectivity index (χ2v) is 6.79. The molecule has 0 saturated carbocycles. The Morgan fingerprint density at radius 3 is 2.40 bits per heavy atom. The standard InChI is InChI=1S/C12H13ClFNO4S/c13-11-9(5-4-8(14)10(11)12(16)17)20(18,19)15-6-2-1-3-7-15/h4-5H,1-3,6-7H2,(H,16,17). The highest BCUT2D eigenvalue weighted by atomic mass is 35.5. The molecular weight excluding hydrogens is 309 g/mol. The fourth-order valence-electron chi connectivity index (χ4n) is 2.17. The molecule has 5 nitrogen and oxygen atoms in total. The number of halogens is 2. The number of hydrogen-bond acceptors (Lipinski definition) is 3. The van der Waals surface area contributed by atoms with Crippen LogP contribution in [0.15, 0.2) is 17.0 Å². The normalized spacial score (nSPS) is 17.1. The molecule has 1 fully saturated rings. The Labute approximate surface area is 121 Å². The second-order valence-electron chi connectivity index (χ2n) is 4.50. The van der Waals surface area contributed by atoms with Gasteiger partial charge in [0.15, 0.2) is 0 Å². The van der Waals surface area contributed by atoms with Crippen molar-refractivity contribution in [3.63, 3.8) is 0 Å². The van der Waals surface area contributed by atoms with E-state index in [1.165, 1.54) is 4.31 Å². The second kappa shape index (κ2) is 5.67. The molecule has 1 aliphatic heterocycles. The van der Waals surface area contributed by atoms with Crippen molar-refractivity contribution in [2.24, 2.45) is 0 Å². The van der Waals surface area contributed by atoms with Gasteiger partial charge in [-0.15, -0.1) is 0 Å². The minimum Gasteiger partial charge on any atom is -0.478 e. The number of carboxylic acids is 1. The number of aromatic carboxylic acids is 1. The zero-order chi connectivity index (χ0) is 14.9. The molecule has 1 saturated heterocycles. The van der Waals surface area contributed by atoms with Gasteiger partial charge in [0, 0.05) is 13.1 Å². The molecule has 1 aromatic carbocycles. The zero-order valence-electron chi connectivity index (χ0n) is 10.5. The molecule has 0 spiro atoms. The topological polar surface area (TPSA) is 74.7 Å². The zero-order valence-corrected chi connectivity index (χ0v) is 12.0. The maximum atomic E-state index is 13.4. The van der Waals surface area contributed by atoms with Crippen molar-refractivity contribution >= 4 is 27.6 Å². The van der Waals surface area contributed by atoms with Gasteiger partial charge in [-0.1, -0.05) is 18.0 Å². The number of benzene rings is 1. The monoisotopic (exact) mass is 321 g/mol. The van der Waals surface area contributed by atoms with Gasteiger partial charge in [-0.2, -0.15) is 4.31 Å². The molecule has 0 radical (unpaired) electrons. The SMILES string of the molecule is O=C(O)c1c(F)ccc(S(=O)(=O)N2CCCCC2)c1Cl. The molecule has 0 aliphatic carbocycles. The highest BCUT2D eigenvalue weighted by Gasteiger charge is 2.31. The summed E-state index contributed by atoms with van der Waals surface area (Å²) in [7, 11) is -3.89. The van der Waals surface area contributed by atoms with Crippen molar-refractivity contribution < 1.29 is 22.7 Å². The minimum atomic E-state index is -3.89. The molecule has 1 aliphatic rings. The number of carboxylic acid groups (broad SMARTS) is 1. The molecule has 110 valence electrons. The van der Waals surface area contributed by atoms with Gasteiger partial charge in [0.2, 0.25) is 10.0 Å². The molecule has 2 rings (SSSR count). The average molecular weight is 322 g/mol. The van der Waals surface area contributed by atoms with Gasteiger partial charge < -0.3 is 5.11 Å². The fourth-order valence-corrected chi connectivity index (χ4v) is 4.29. The Morgan fingerprint density at radius 2 is 1.85 bits per heavy atom. The number of piperidine rings is 1. The number of carbonyl (C=O) groups is 1. The number of rotatable bonds is 3. The van der Waals surface area contributed by atoms with Crippen LogP contribution >= 0.6 is 11.6 Å². The van der Waals surface area contributed by atoms with Crippen LogP contribution in [-0.2, 0) is 10.0 Å². The molecule has 1 aromatic rings. The van der Waals surface area contributed by atoms with Gasteiger partial charge in [0.1, 0.15) is 16.3 Å². The number of hydrogen-bond donors (Lipinski definition) is 1. The van der Waals surface area contributed by atoms with Crippen LogP contribution in [0.1, 0.15) is 29.6 Å². The third-order valence-electron chi connectivity index (χ3n) is 3.20. The van der Waals surface area contributed by atoms with Crippen LogP contribution < -0.4 is 0 Å². The molecule has 1 heterocycles. The Kier molecular flexibility index (Phi) is 4.31. The lowest BCUT2D eigenvalue weighted by Gasteiger charge is -2.26. The summed E-state index contributed by atoms with van der Waals surface area (Å²) in [4.78, 5) is 10.6. The lowest BCUT2D eigenvalue weighted by Crippen LogP contribution is -2.35. The van der Waals surface area contributed by atoms with Gasteiger partial charge in [-0.25, -0.2) is 17.6 Å².